The van der Waals surface area contributed by atoms with Crippen molar-refractivity contribution >= 4 is 17.5 Å². The molecule has 3 nitrogen and oxygen atoms in total. The average molecular weight is 276 g/mol. The molecule has 1 aromatic carbocycles. The van der Waals surface area contributed by atoms with Crippen LogP contribution >= 0.6 is 11.6 Å². The van der Waals surface area contributed by atoms with Gasteiger partial charge in [-0.05, 0) is 43.9 Å². The van der Waals surface area contributed by atoms with Crippen LogP contribution in [0.25, 0.3) is 0 Å². The molecule has 2 aromatic rings. The van der Waals surface area contributed by atoms with Gasteiger partial charge in [0, 0.05) is 23.8 Å². The van der Waals surface area contributed by atoms with Crippen molar-refractivity contribution in [2.24, 2.45) is 0 Å². The van der Waals surface area contributed by atoms with Crippen LogP contribution in [0.4, 0.5) is 5.95 Å². The van der Waals surface area contributed by atoms with Crippen LogP contribution in [0, 0.1) is 6.92 Å². The number of aromatic nitrogens is 2. The zero-order valence-corrected chi connectivity index (χ0v) is 11.8. The molecule has 4 heteroatoms. The molecule has 0 unspecified atom stereocenters. The molecular formula is C15H18ClN3. The Balaban J connectivity index is 1.58. The standard InChI is InChI=1S/C15H18ClN3/c1-11-10-19(14-6-7-14)15(18-11)17-9-8-12-2-4-13(16)5-3-12/h2-5,10,14H,6-9H2,1H3,(H,17,18). The van der Waals surface area contributed by atoms with Gasteiger partial charge in [0.25, 0.3) is 0 Å². The van der Waals surface area contributed by atoms with Crippen LogP contribution < -0.4 is 5.32 Å². The molecule has 1 aromatic heterocycles. The summed E-state index contributed by atoms with van der Waals surface area (Å²) in [6.45, 7) is 2.94. The van der Waals surface area contributed by atoms with Gasteiger partial charge < -0.3 is 9.88 Å². The molecule has 100 valence electrons. The topological polar surface area (TPSA) is 29.9 Å². The predicted octanol–water partition coefficient (Wildman–Crippen LogP) is 3.83. The molecule has 1 fully saturated rings. The molecular weight excluding hydrogens is 258 g/mol. The van der Waals surface area contributed by atoms with Crippen molar-refractivity contribution in [1.82, 2.24) is 9.55 Å². The fraction of sp³-hybridized carbons (Fsp3) is 0.400. The van der Waals surface area contributed by atoms with E-state index in [1.807, 2.05) is 19.1 Å². The van der Waals surface area contributed by atoms with Crippen molar-refractivity contribution < 1.29 is 0 Å². The van der Waals surface area contributed by atoms with Crippen LogP contribution in [0.15, 0.2) is 30.5 Å². The molecule has 0 spiro atoms. The van der Waals surface area contributed by atoms with Crippen molar-refractivity contribution in [1.29, 1.82) is 0 Å². The maximum Gasteiger partial charge on any atom is 0.203 e. The van der Waals surface area contributed by atoms with E-state index < -0.39 is 0 Å². The first-order valence-electron chi connectivity index (χ1n) is 6.76. The lowest BCUT2D eigenvalue weighted by molar-refractivity contribution is 0.742. The SMILES string of the molecule is Cc1cn(C2CC2)c(NCCc2ccc(Cl)cc2)n1. The van der Waals surface area contributed by atoms with Crippen LogP contribution in [-0.4, -0.2) is 16.1 Å². The molecule has 1 heterocycles. The highest BCUT2D eigenvalue weighted by Gasteiger charge is 2.25. The number of aryl methyl sites for hydroxylation is 1. The van der Waals surface area contributed by atoms with E-state index in [2.05, 4.69) is 33.2 Å². The summed E-state index contributed by atoms with van der Waals surface area (Å²) in [5.74, 6) is 1.01. The molecule has 19 heavy (non-hydrogen) atoms. The lowest BCUT2D eigenvalue weighted by Crippen LogP contribution is -2.09. The summed E-state index contributed by atoms with van der Waals surface area (Å²) in [6, 6.07) is 8.68. The molecule has 0 atom stereocenters. The lowest BCUT2D eigenvalue weighted by atomic mass is 10.1. The van der Waals surface area contributed by atoms with E-state index in [4.69, 9.17) is 11.6 Å². The number of benzene rings is 1. The van der Waals surface area contributed by atoms with Gasteiger partial charge in [0.1, 0.15) is 0 Å². The average Bonchev–Trinajstić information content (AvgIpc) is 3.16. The van der Waals surface area contributed by atoms with Crippen molar-refractivity contribution in [3.05, 3.63) is 46.7 Å². The van der Waals surface area contributed by atoms with Gasteiger partial charge in [-0.25, -0.2) is 4.98 Å². The molecule has 0 bridgehead atoms. The maximum absolute atomic E-state index is 5.88. The summed E-state index contributed by atoms with van der Waals surface area (Å²) in [7, 11) is 0. The molecule has 1 aliphatic carbocycles. The van der Waals surface area contributed by atoms with Gasteiger partial charge in [-0.2, -0.15) is 0 Å². The summed E-state index contributed by atoms with van der Waals surface area (Å²) < 4.78 is 2.27. The third kappa shape index (κ3) is 3.10. The van der Waals surface area contributed by atoms with Gasteiger partial charge in [-0.3, -0.25) is 0 Å². The molecule has 0 aliphatic heterocycles. The Labute approximate surface area is 118 Å². The van der Waals surface area contributed by atoms with Crippen LogP contribution in [0.3, 0.4) is 0 Å². The van der Waals surface area contributed by atoms with Gasteiger partial charge in [-0.1, -0.05) is 23.7 Å². The van der Waals surface area contributed by atoms with Crippen molar-refractivity contribution in [2.45, 2.75) is 32.2 Å². The van der Waals surface area contributed by atoms with Crippen molar-refractivity contribution in [3.63, 3.8) is 0 Å². The van der Waals surface area contributed by atoms with E-state index in [0.717, 1.165) is 29.6 Å². The van der Waals surface area contributed by atoms with E-state index in [-0.39, 0.29) is 0 Å². The third-order valence-corrected chi connectivity index (χ3v) is 3.66. The van der Waals surface area contributed by atoms with E-state index in [1.165, 1.54) is 18.4 Å². The maximum atomic E-state index is 5.88. The molecule has 3 rings (SSSR count). The summed E-state index contributed by atoms with van der Waals surface area (Å²) in [4.78, 5) is 4.55. The molecule has 0 amide bonds. The summed E-state index contributed by atoms with van der Waals surface area (Å²) in [5.41, 5.74) is 2.37. The smallest absolute Gasteiger partial charge is 0.203 e. The van der Waals surface area contributed by atoms with Gasteiger partial charge in [0.2, 0.25) is 5.95 Å². The highest BCUT2D eigenvalue weighted by atomic mass is 35.5. The van der Waals surface area contributed by atoms with Crippen LogP contribution in [0.5, 0.6) is 0 Å². The van der Waals surface area contributed by atoms with Gasteiger partial charge in [0.15, 0.2) is 0 Å². The Bertz CT molecular complexity index is 555. The second kappa shape index (κ2) is 5.25. The Kier molecular flexibility index (Phi) is 3.47. The first-order valence-corrected chi connectivity index (χ1v) is 7.14. The molecule has 1 aliphatic rings. The van der Waals surface area contributed by atoms with E-state index in [1.54, 1.807) is 0 Å². The number of halogens is 1. The third-order valence-electron chi connectivity index (χ3n) is 3.40. The predicted molar refractivity (Wildman–Crippen MR) is 78.9 cm³/mol. The highest BCUT2D eigenvalue weighted by molar-refractivity contribution is 6.30. The van der Waals surface area contributed by atoms with Crippen LogP contribution in [0.1, 0.15) is 30.1 Å². The number of hydrogen-bond acceptors (Lipinski definition) is 2. The zero-order valence-electron chi connectivity index (χ0n) is 11.1. The normalized spacial score (nSPS) is 14.6. The number of nitrogens with one attached hydrogen (secondary N) is 1. The number of anilines is 1. The Morgan fingerprint density at radius 3 is 2.74 bits per heavy atom. The van der Waals surface area contributed by atoms with Gasteiger partial charge in [-0.15, -0.1) is 0 Å². The zero-order chi connectivity index (χ0) is 13.2. The second-order valence-corrected chi connectivity index (χ2v) is 5.58. The Hall–Kier alpha value is -1.48. The first kappa shape index (κ1) is 12.5. The molecule has 0 radical (unpaired) electrons. The van der Waals surface area contributed by atoms with Crippen LogP contribution in [-0.2, 0) is 6.42 Å². The highest BCUT2D eigenvalue weighted by Crippen LogP contribution is 2.37. The Morgan fingerprint density at radius 2 is 2.05 bits per heavy atom. The number of rotatable bonds is 5. The van der Waals surface area contributed by atoms with Crippen molar-refractivity contribution in [2.75, 3.05) is 11.9 Å². The number of hydrogen-bond donors (Lipinski definition) is 1. The summed E-state index contributed by atoms with van der Waals surface area (Å²) in [6.07, 6.45) is 5.68. The largest absolute Gasteiger partial charge is 0.355 e. The summed E-state index contributed by atoms with van der Waals surface area (Å²) >= 11 is 5.88. The Morgan fingerprint density at radius 1 is 1.32 bits per heavy atom. The van der Waals surface area contributed by atoms with Gasteiger partial charge >= 0.3 is 0 Å². The molecule has 0 saturated heterocycles. The molecule has 1 saturated carbocycles. The fourth-order valence-corrected chi connectivity index (χ4v) is 2.37. The minimum absolute atomic E-state index is 0.666. The van der Waals surface area contributed by atoms with Gasteiger partial charge in [0.05, 0.1) is 5.69 Å². The number of imidazole rings is 1. The summed E-state index contributed by atoms with van der Waals surface area (Å²) in [5, 5.41) is 4.23. The van der Waals surface area contributed by atoms with E-state index in [0.29, 0.717) is 6.04 Å². The molecule has 1 N–H and O–H groups in total. The lowest BCUT2D eigenvalue weighted by Gasteiger charge is -2.08. The minimum Gasteiger partial charge on any atom is -0.355 e. The van der Waals surface area contributed by atoms with Crippen molar-refractivity contribution in [3.8, 4) is 0 Å². The number of nitrogens with zero attached hydrogens (tertiary/aromatic N) is 2. The first-order chi connectivity index (χ1) is 9.22. The fourth-order valence-electron chi connectivity index (χ4n) is 2.25. The second-order valence-electron chi connectivity index (χ2n) is 5.15. The van der Waals surface area contributed by atoms with E-state index >= 15 is 0 Å². The van der Waals surface area contributed by atoms with E-state index in [9.17, 15) is 0 Å². The van der Waals surface area contributed by atoms with Crippen LogP contribution in [0.2, 0.25) is 5.02 Å². The quantitative estimate of drug-likeness (QED) is 0.899. The monoisotopic (exact) mass is 275 g/mol. The minimum atomic E-state index is 0.666.